The van der Waals surface area contributed by atoms with E-state index in [4.69, 9.17) is 0 Å². The summed E-state index contributed by atoms with van der Waals surface area (Å²) in [4.78, 5) is 12.4. The molecule has 0 unspecified atom stereocenters. The lowest BCUT2D eigenvalue weighted by Gasteiger charge is -2.17. The molecule has 0 spiro atoms. The summed E-state index contributed by atoms with van der Waals surface area (Å²) >= 11 is 0. The first-order chi connectivity index (χ1) is 10.8. The Morgan fingerprint density at radius 3 is 2.68 bits per heavy atom. The molecule has 6 nitrogen and oxygen atoms in total. The van der Waals surface area contributed by atoms with E-state index in [1.165, 1.54) is 30.7 Å². The molecule has 1 fully saturated rings. The lowest BCUT2D eigenvalue weighted by atomic mass is 10.2. The van der Waals surface area contributed by atoms with E-state index in [9.17, 15) is 4.79 Å². The Morgan fingerprint density at radius 1 is 1.14 bits per heavy atom. The summed E-state index contributed by atoms with van der Waals surface area (Å²) in [6.45, 7) is 0.430. The monoisotopic (exact) mass is 295 g/mol. The number of amides is 1. The minimum atomic E-state index is -0.136. The molecule has 0 atom stereocenters. The largest absolute Gasteiger partial charge is 0.275 e. The highest BCUT2D eigenvalue weighted by Crippen LogP contribution is 2.32. The average Bonchev–Trinajstić information content (AvgIpc) is 3.23. The molecule has 1 amide bonds. The molecule has 0 saturated heterocycles. The van der Waals surface area contributed by atoms with Crippen molar-refractivity contribution in [2.75, 3.05) is 0 Å². The third-order valence-corrected chi connectivity index (χ3v) is 4.31. The van der Waals surface area contributed by atoms with Crippen molar-refractivity contribution in [1.82, 2.24) is 14.8 Å². The van der Waals surface area contributed by atoms with Crippen LogP contribution in [0.1, 0.15) is 47.6 Å². The highest BCUT2D eigenvalue weighted by Gasteiger charge is 2.25. The van der Waals surface area contributed by atoms with Crippen LogP contribution in [0.25, 0.3) is 0 Å². The van der Waals surface area contributed by atoms with Crippen molar-refractivity contribution in [3.05, 3.63) is 47.7 Å². The van der Waals surface area contributed by atoms with E-state index in [0.717, 1.165) is 5.56 Å². The van der Waals surface area contributed by atoms with Gasteiger partial charge in [0.25, 0.3) is 5.91 Å². The first-order valence-corrected chi connectivity index (χ1v) is 7.68. The fraction of sp³-hybridized carbons (Fsp3) is 0.375. The summed E-state index contributed by atoms with van der Waals surface area (Å²) in [7, 11) is 0. The van der Waals surface area contributed by atoms with Gasteiger partial charge in [-0.3, -0.25) is 9.48 Å². The lowest BCUT2D eigenvalue weighted by molar-refractivity contribution is 0.0728. The molecule has 0 N–H and O–H groups in total. The Kier molecular flexibility index (Phi) is 3.21. The van der Waals surface area contributed by atoms with E-state index in [2.05, 4.69) is 15.4 Å². The molecular weight excluding hydrogens is 278 g/mol. The summed E-state index contributed by atoms with van der Waals surface area (Å²) in [6.07, 6.45) is 6.88. The number of hydrogen-bond donors (Lipinski definition) is 0. The third kappa shape index (κ3) is 2.30. The molecule has 2 aromatic rings. The van der Waals surface area contributed by atoms with Crippen LogP contribution in [-0.4, -0.2) is 20.7 Å². The first kappa shape index (κ1) is 13.2. The maximum Gasteiger partial charge on any atom is 0.275 e. The Morgan fingerprint density at radius 2 is 1.91 bits per heavy atom. The third-order valence-electron chi connectivity index (χ3n) is 4.31. The van der Waals surface area contributed by atoms with Crippen LogP contribution in [0, 0.1) is 0 Å². The van der Waals surface area contributed by atoms with Crippen molar-refractivity contribution in [1.29, 1.82) is 0 Å². The molecule has 4 rings (SSSR count). The standard InChI is InChI=1S/C16H17N5O/c22-16(12-6-2-1-3-7-12)21-11-13-10-20(14-8-4-5-9-14)18-15(13)17-19-21/h1-3,6-7,10,14H,4-5,8-9,11H2. The van der Waals surface area contributed by atoms with Gasteiger partial charge in [0.1, 0.15) is 0 Å². The molecule has 1 aliphatic heterocycles. The molecule has 0 radical (unpaired) electrons. The van der Waals surface area contributed by atoms with Gasteiger partial charge in [-0.05, 0) is 25.0 Å². The second-order valence-electron chi connectivity index (χ2n) is 5.81. The minimum Gasteiger partial charge on any atom is -0.267 e. The number of benzene rings is 1. The zero-order chi connectivity index (χ0) is 14.9. The smallest absolute Gasteiger partial charge is 0.267 e. The number of nitrogens with zero attached hydrogens (tertiary/aromatic N) is 5. The topological polar surface area (TPSA) is 62.9 Å². The summed E-state index contributed by atoms with van der Waals surface area (Å²) in [5, 5.41) is 14.0. The highest BCUT2D eigenvalue weighted by molar-refractivity contribution is 5.94. The van der Waals surface area contributed by atoms with Gasteiger partial charge in [-0.2, -0.15) is 5.10 Å². The second-order valence-corrected chi connectivity index (χ2v) is 5.81. The summed E-state index contributed by atoms with van der Waals surface area (Å²) in [6, 6.07) is 9.62. The van der Waals surface area contributed by atoms with E-state index in [1.807, 2.05) is 29.1 Å². The quantitative estimate of drug-likeness (QED) is 0.848. The predicted molar refractivity (Wildman–Crippen MR) is 80.6 cm³/mol. The number of hydrogen-bond acceptors (Lipinski definition) is 4. The first-order valence-electron chi connectivity index (χ1n) is 7.68. The van der Waals surface area contributed by atoms with E-state index in [-0.39, 0.29) is 5.91 Å². The van der Waals surface area contributed by atoms with Gasteiger partial charge in [-0.15, -0.1) is 5.11 Å². The molecule has 1 aromatic heterocycles. The predicted octanol–water partition coefficient (Wildman–Crippen LogP) is 3.65. The fourth-order valence-electron chi connectivity index (χ4n) is 3.10. The maximum absolute atomic E-state index is 12.4. The number of carbonyl (C=O) groups excluding carboxylic acids is 1. The molecule has 2 heterocycles. The number of aromatic nitrogens is 2. The average molecular weight is 295 g/mol. The van der Waals surface area contributed by atoms with Crippen LogP contribution in [0.5, 0.6) is 0 Å². The Balaban J connectivity index is 1.55. The van der Waals surface area contributed by atoms with Crippen molar-refractivity contribution in [2.24, 2.45) is 10.3 Å². The Hall–Kier alpha value is -2.50. The SMILES string of the molecule is O=C(c1ccccc1)N1Cc2cn(C3CCCC3)nc2N=N1. The zero-order valence-electron chi connectivity index (χ0n) is 12.2. The van der Waals surface area contributed by atoms with Crippen LogP contribution < -0.4 is 0 Å². The van der Waals surface area contributed by atoms with Crippen molar-refractivity contribution >= 4 is 11.7 Å². The normalized spacial score (nSPS) is 17.7. The van der Waals surface area contributed by atoms with Crippen LogP contribution in [0.4, 0.5) is 5.82 Å². The lowest BCUT2D eigenvalue weighted by Crippen LogP contribution is -2.26. The van der Waals surface area contributed by atoms with E-state index in [1.54, 1.807) is 12.1 Å². The van der Waals surface area contributed by atoms with Gasteiger partial charge in [0.2, 0.25) is 5.82 Å². The molecule has 1 aliphatic carbocycles. The Labute approximate surface area is 128 Å². The van der Waals surface area contributed by atoms with Gasteiger partial charge >= 0.3 is 0 Å². The van der Waals surface area contributed by atoms with E-state index < -0.39 is 0 Å². The van der Waals surface area contributed by atoms with Crippen molar-refractivity contribution in [2.45, 2.75) is 38.3 Å². The van der Waals surface area contributed by atoms with Gasteiger partial charge in [-0.25, -0.2) is 5.01 Å². The van der Waals surface area contributed by atoms with Gasteiger partial charge in [0, 0.05) is 17.3 Å². The molecule has 2 aliphatic rings. The van der Waals surface area contributed by atoms with Crippen molar-refractivity contribution in [3.8, 4) is 0 Å². The number of rotatable bonds is 2. The second kappa shape index (κ2) is 5.36. The molecule has 1 aromatic carbocycles. The summed E-state index contributed by atoms with van der Waals surface area (Å²) in [5.74, 6) is 0.507. The van der Waals surface area contributed by atoms with Crippen LogP contribution >= 0.6 is 0 Å². The molecule has 6 heteroatoms. The fourth-order valence-corrected chi connectivity index (χ4v) is 3.10. The molecule has 22 heavy (non-hydrogen) atoms. The Bertz CT molecular complexity index is 715. The van der Waals surface area contributed by atoms with E-state index >= 15 is 0 Å². The van der Waals surface area contributed by atoms with Crippen LogP contribution in [0.2, 0.25) is 0 Å². The van der Waals surface area contributed by atoms with E-state index in [0.29, 0.717) is 24.0 Å². The zero-order valence-corrected chi connectivity index (χ0v) is 12.2. The van der Waals surface area contributed by atoms with Crippen LogP contribution in [0.3, 0.4) is 0 Å². The van der Waals surface area contributed by atoms with Crippen LogP contribution in [0.15, 0.2) is 46.9 Å². The highest BCUT2D eigenvalue weighted by atomic mass is 16.2. The summed E-state index contributed by atoms with van der Waals surface area (Å²) in [5.41, 5.74) is 1.58. The molecule has 1 saturated carbocycles. The minimum absolute atomic E-state index is 0.136. The number of carbonyl (C=O) groups is 1. The van der Waals surface area contributed by atoms with Gasteiger partial charge < -0.3 is 0 Å². The molecule has 0 bridgehead atoms. The summed E-state index contributed by atoms with van der Waals surface area (Å²) < 4.78 is 2.01. The van der Waals surface area contributed by atoms with Crippen molar-refractivity contribution < 1.29 is 4.79 Å². The number of fused-ring (bicyclic) bond motifs is 1. The van der Waals surface area contributed by atoms with Crippen molar-refractivity contribution in [3.63, 3.8) is 0 Å². The maximum atomic E-state index is 12.4. The van der Waals surface area contributed by atoms with Crippen LogP contribution in [-0.2, 0) is 6.54 Å². The van der Waals surface area contributed by atoms with Gasteiger partial charge in [0.05, 0.1) is 12.6 Å². The van der Waals surface area contributed by atoms with Gasteiger partial charge in [0.15, 0.2) is 0 Å². The molecule has 112 valence electrons. The molecular formula is C16H17N5O. The van der Waals surface area contributed by atoms with Gasteiger partial charge in [-0.1, -0.05) is 36.3 Å².